The summed E-state index contributed by atoms with van der Waals surface area (Å²) >= 11 is 0. The van der Waals surface area contributed by atoms with Crippen LogP contribution in [0.4, 0.5) is 0 Å². The van der Waals surface area contributed by atoms with Gasteiger partial charge in [-0.3, -0.25) is 0 Å². The maximum atomic E-state index is 12.6. The van der Waals surface area contributed by atoms with Gasteiger partial charge in [0.15, 0.2) is 0 Å². The van der Waals surface area contributed by atoms with Gasteiger partial charge in [0.25, 0.3) is 0 Å². The van der Waals surface area contributed by atoms with E-state index in [1.165, 1.54) is 12.3 Å². The van der Waals surface area contributed by atoms with Crippen molar-refractivity contribution >= 4 is 22.0 Å². The van der Waals surface area contributed by atoms with Crippen molar-refractivity contribution in [3.05, 3.63) is 60.2 Å². The molecule has 0 atom stereocenters. The van der Waals surface area contributed by atoms with Gasteiger partial charge < -0.3 is 11.5 Å². The minimum Gasteiger partial charge on any atom is -0.369 e. The number of hydrogen-bond donors (Lipinski definition) is 2. The van der Waals surface area contributed by atoms with E-state index in [4.69, 9.17) is 11.5 Å². The molecule has 0 aliphatic rings. The Kier molecular flexibility index (Phi) is 4.34. The minimum absolute atomic E-state index is 0.144. The van der Waals surface area contributed by atoms with Crippen LogP contribution in [0.2, 0.25) is 0 Å². The van der Waals surface area contributed by atoms with Crippen LogP contribution in [-0.4, -0.2) is 20.6 Å². The van der Waals surface area contributed by atoms with Crippen molar-refractivity contribution in [1.29, 1.82) is 0 Å². The highest BCUT2D eigenvalue weighted by Gasteiger charge is 2.19. The normalized spacial score (nSPS) is 11.4. The van der Waals surface area contributed by atoms with Crippen molar-refractivity contribution in [3.8, 4) is 0 Å². The van der Waals surface area contributed by atoms with Crippen LogP contribution in [0.15, 0.2) is 74.6 Å². The Labute approximate surface area is 122 Å². The van der Waals surface area contributed by atoms with Crippen molar-refractivity contribution < 1.29 is 8.42 Å². The van der Waals surface area contributed by atoms with Crippen LogP contribution in [0.25, 0.3) is 0 Å². The first-order chi connectivity index (χ1) is 10.0. The lowest BCUT2D eigenvalue weighted by molar-refractivity contribution is 0.596. The number of rotatable bonds is 4. The molecular formula is C14H14N4O2S. The summed E-state index contributed by atoms with van der Waals surface area (Å²) < 4.78 is 25.2. The largest absolute Gasteiger partial charge is 0.369 e. The SMILES string of the molecule is NC(N)=NN=Cc1ccccc1S(=O)(=O)c1ccccc1. The lowest BCUT2D eigenvalue weighted by Gasteiger charge is -2.07. The van der Waals surface area contributed by atoms with Crippen LogP contribution in [0.5, 0.6) is 0 Å². The molecule has 0 heterocycles. The number of nitrogens with two attached hydrogens (primary N) is 2. The summed E-state index contributed by atoms with van der Waals surface area (Å²) in [6.07, 6.45) is 1.30. The molecule has 0 aromatic heterocycles. The molecule has 0 fully saturated rings. The van der Waals surface area contributed by atoms with Gasteiger partial charge in [-0.1, -0.05) is 36.4 Å². The van der Waals surface area contributed by atoms with Crippen LogP contribution in [0, 0.1) is 0 Å². The Morgan fingerprint density at radius 1 is 0.952 bits per heavy atom. The molecule has 0 aliphatic heterocycles. The highest BCUT2D eigenvalue weighted by atomic mass is 32.2. The van der Waals surface area contributed by atoms with Crippen molar-refractivity contribution in [1.82, 2.24) is 0 Å². The topological polar surface area (TPSA) is 111 Å². The van der Waals surface area contributed by atoms with E-state index in [1.54, 1.807) is 48.5 Å². The Bertz CT molecular complexity index is 780. The zero-order valence-corrected chi connectivity index (χ0v) is 11.9. The van der Waals surface area contributed by atoms with Gasteiger partial charge in [-0.05, 0) is 18.2 Å². The molecule has 0 radical (unpaired) electrons. The van der Waals surface area contributed by atoms with E-state index >= 15 is 0 Å². The van der Waals surface area contributed by atoms with Crippen LogP contribution in [0.3, 0.4) is 0 Å². The smallest absolute Gasteiger partial charge is 0.211 e. The van der Waals surface area contributed by atoms with E-state index in [1.807, 2.05) is 0 Å². The summed E-state index contributed by atoms with van der Waals surface area (Å²) in [5, 5.41) is 7.12. The van der Waals surface area contributed by atoms with Gasteiger partial charge in [0.2, 0.25) is 15.8 Å². The number of sulfone groups is 1. The molecule has 4 N–H and O–H groups in total. The molecule has 7 heteroatoms. The van der Waals surface area contributed by atoms with Crippen LogP contribution in [-0.2, 0) is 9.84 Å². The standard InChI is InChI=1S/C14H14N4O2S/c15-14(16)18-17-10-11-6-4-5-9-13(11)21(19,20)12-7-2-1-3-8-12/h1-10H,(H4,15,16,18). The quantitative estimate of drug-likeness (QED) is 0.501. The third-order valence-corrected chi connectivity index (χ3v) is 4.48. The van der Waals surface area contributed by atoms with Crippen LogP contribution in [0.1, 0.15) is 5.56 Å². The van der Waals surface area contributed by atoms with Crippen molar-refractivity contribution in [2.75, 3.05) is 0 Å². The summed E-state index contributed by atoms with van der Waals surface area (Å²) in [5.74, 6) is -0.199. The average molecular weight is 302 g/mol. The van der Waals surface area contributed by atoms with Crippen LogP contribution >= 0.6 is 0 Å². The number of hydrogen-bond acceptors (Lipinski definition) is 4. The molecule has 0 saturated carbocycles. The molecule has 21 heavy (non-hydrogen) atoms. The molecule has 108 valence electrons. The molecule has 2 aromatic rings. The molecule has 0 bridgehead atoms. The average Bonchev–Trinajstić information content (AvgIpc) is 2.48. The molecule has 0 aliphatic carbocycles. The zero-order valence-electron chi connectivity index (χ0n) is 11.0. The summed E-state index contributed by atoms with van der Waals surface area (Å²) in [6.45, 7) is 0. The van der Waals surface area contributed by atoms with Gasteiger partial charge in [-0.15, -0.1) is 5.10 Å². The van der Waals surface area contributed by atoms with E-state index in [-0.39, 0.29) is 15.8 Å². The molecule has 0 amide bonds. The minimum atomic E-state index is -3.62. The molecule has 6 nitrogen and oxygen atoms in total. The first kappa shape index (κ1) is 14.7. The highest BCUT2D eigenvalue weighted by Crippen LogP contribution is 2.22. The maximum absolute atomic E-state index is 12.6. The lowest BCUT2D eigenvalue weighted by atomic mass is 10.2. The summed E-state index contributed by atoms with van der Waals surface area (Å²) in [5.41, 5.74) is 10.7. The molecule has 0 saturated heterocycles. The van der Waals surface area contributed by atoms with E-state index < -0.39 is 9.84 Å². The number of benzene rings is 2. The first-order valence-corrected chi connectivity index (χ1v) is 7.51. The number of nitrogens with zero attached hydrogens (tertiary/aromatic N) is 2. The van der Waals surface area contributed by atoms with Crippen molar-refractivity contribution in [2.24, 2.45) is 21.7 Å². The van der Waals surface area contributed by atoms with Crippen molar-refractivity contribution in [2.45, 2.75) is 9.79 Å². The highest BCUT2D eigenvalue weighted by molar-refractivity contribution is 7.91. The van der Waals surface area contributed by atoms with Gasteiger partial charge in [-0.25, -0.2) is 8.42 Å². The fourth-order valence-corrected chi connectivity index (χ4v) is 3.17. The monoisotopic (exact) mass is 302 g/mol. The third kappa shape index (κ3) is 3.46. The Hall–Kier alpha value is -2.67. The first-order valence-electron chi connectivity index (χ1n) is 6.03. The maximum Gasteiger partial charge on any atom is 0.211 e. The molecule has 0 unspecified atom stereocenters. The summed E-state index contributed by atoms with van der Waals surface area (Å²) in [7, 11) is -3.62. The molecular weight excluding hydrogens is 288 g/mol. The predicted molar refractivity (Wildman–Crippen MR) is 81.7 cm³/mol. The predicted octanol–water partition coefficient (Wildman–Crippen LogP) is 1.13. The van der Waals surface area contributed by atoms with Crippen molar-refractivity contribution in [3.63, 3.8) is 0 Å². The second-order valence-electron chi connectivity index (χ2n) is 4.12. The van der Waals surface area contributed by atoms with Crippen LogP contribution < -0.4 is 11.5 Å². The fraction of sp³-hybridized carbons (Fsp3) is 0. The van der Waals surface area contributed by atoms with E-state index in [9.17, 15) is 8.42 Å². The van der Waals surface area contributed by atoms with Gasteiger partial charge in [0, 0.05) is 5.56 Å². The molecule has 2 rings (SSSR count). The van der Waals surface area contributed by atoms with Gasteiger partial charge in [0.1, 0.15) is 0 Å². The second kappa shape index (κ2) is 6.19. The third-order valence-electron chi connectivity index (χ3n) is 2.63. The van der Waals surface area contributed by atoms with Gasteiger partial charge >= 0.3 is 0 Å². The molecule has 0 spiro atoms. The second-order valence-corrected chi connectivity index (χ2v) is 6.04. The van der Waals surface area contributed by atoms with E-state index in [0.717, 1.165) is 0 Å². The summed E-state index contributed by atoms with van der Waals surface area (Å²) in [4.78, 5) is 0.360. The zero-order chi connectivity index (χ0) is 15.3. The molecule has 2 aromatic carbocycles. The van der Waals surface area contributed by atoms with E-state index in [0.29, 0.717) is 5.56 Å². The lowest BCUT2D eigenvalue weighted by Crippen LogP contribution is -2.21. The van der Waals surface area contributed by atoms with Gasteiger partial charge in [0.05, 0.1) is 16.0 Å². The van der Waals surface area contributed by atoms with Gasteiger partial charge in [-0.2, -0.15) is 5.10 Å². The van der Waals surface area contributed by atoms with E-state index in [2.05, 4.69) is 10.2 Å². The fourth-order valence-electron chi connectivity index (χ4n) is 1.72. The summed E-state index contributed by atoms with van der Waals surface area (Å²) in [6, 6.07) is 14.7. The Morgan fingerprint density at radius 3 is 2.24 bits per heavy atom. The number of guanidine groups is 1. The Morgan fingerprint density at radius 2 is 1.57 bits per heavy atom. The Balaban J connectivity index is 2.50.